The molecule has 0 bridgehead atoms. The zero-order valence-electron chi connectivity index (χ0n) is 15.9. The van der Waals surface area contributed by atoms with Gasteiger partial charge in [-0.15, -0.1) is 6.58 Å². The second-order valence-electron chi connectivity index (χ2n) is 7.82. The third-order valence-corrected chi connectivity index (χ3v) is 6.71. The molecule has 0 N–H and O–H groups in total. The van der Waals surface area contributed by atoms with Gasteiger partial charge >= 0.3 is 0 Å². The lowest BCUT2D eigenvalue weighted by molar-refractivity contribution is -0.130. The molecule has 1 aromatic carbocycles. The standard InChI is InChI=1S/C20H27N5OS/c1-3-9-25-10-8-20(7-6-19(25)26)15-24(12-11-23(20)2)14-16-4-5-17-18(13-16)22-27-21-17/h3-5,13H,1,6-12,14-15H2,2H3. The minimum absolute atomic E-state index is 0.0795. The number of amides is 1. The van der Waals surface area contributed by atoms with Crippen LogP contribution in [0, 0.1) is 0 Å². The number of fused-ring (bicyclic) bond motifs is 1. The lowest BCUT2D eigenvalue weighted by Crippen LogP contribution is -2.60. The summed E-state index contributed by atoms with van der Waals surface area (Å²) >= 11 is 1.27. The molecule has 2 fully saturated rings. The fourth-order valence-electron chi connectivity index (χ4n) is 4.44. The van der Waals surface area contributed by atoms with Crippen molar-refractivity contribution in [3.63, 3.8) is 0 Å². The Morgan fingerprint density at radius 1 is 1.22 bits per heavy atom. The van der Waals surface area contributed by atoms with Crippen LogP contribution >= 0.6 is 11.7 Å². The van der Waals surface area contributed by atoms with Gasteiger partial charge in [-0.1, -0.05) is 12.1 Å². The Morgan fingerprint density at radius 3 is 2.93 bits per heavy atom. The Labute approximate surface area is 164 Å². The van der Waals surface area contributed by atoms with E-state index in [4.69, 9.17) is 0 Å². The van der Waals surface area contributed by atoms with Gasteiger partial charge in [-0.25, -0.2) is 0 Å². The maximum atomic E-state index is 12.4. The first-order valence-corrected chi connectivity index (χ1v) is 10.4. The van der Waals surface area contributed by atoms with E-state index in [9.17, 15) is 4.79 Å². The van der Waals surface area contributed by atoms with Gasteiger partial charge in [0.25, 0.3) is 0 Å². The van der Waals surface area contributed by atoms with Crippen LogP contribution in [0.5, 0.6) is 0 Å². The van der Waals surface area contributed by atoms with Crippen molar-refractivity contribution in [3.05, 3.63) is 36.4 Å². The molecule has 1 amide bonds. The van der Waals surface area contributed by atoms with Gasteiger partial charge in [-0.2, -0.15) is 8.75 Å². The number of carbonyl (C=O) groups is 1. The van der Waals surface area contributed by atoms with Crippen molar-refractivity contribution in [3.8, 4) is 0 Å². The molecule has 1 aromatic heterocycles. The van der Waals surface area contributed by atoms with Crippen LogP contribution in [-0.2, 0) is 11.3 Å². The highest BCUT2D eigenvalue weighted by Gasteiger charge is 2.42. The number of nitrogens with zero attached hydrogens (tertiary/aromatic N) is 5. The van der Waals surface area contributed by atoms with Gasteiger partial charge in [0.1, 0.15) is 11.0 Å². The van der Waals surface area contributed by atoms with Crippen LogP contribution in [0.1, 0.15) is 24.8 Å². The SMILES string of the molecule is C=CCN1CCC2(CCC1=O)CN(Cc1ccc3nsnc3c1)CCN2C. The van der Waals surface area contributed by atoms with Crippen molar-refractivity contribution in [2.45, 2.75) is 31.3 Å². The smallest absolute Gasteiger partial charge is 0.222 e. The van der Waals surface area contributed by atoms with Crippen LogP contribution in [0.25, 0.3) is 11.0 Å². The Kier molecular flexibility index (Phi) is 5.25. The first-order valence-electron chi connectivity index (χ1n) is 9.63. The molecule has 1 atom stereocenters. The van der Waals surface area contributed by atoms with Crippen LogP contribution in [-0.4, -0.2) is 74.7 Å². The van der Waals surface area contributed by atoms with Gasteiger partial charge in [-0.05, 0) is 37.6 Å². The van der Waals surface area contributed by atoms with Crippen molar-refractivity contribution < 1.29 is 4.79 Å². The number of rotatable bonds is 4. The summed E-state index contributed by atoms with van der Waals surface area (Å²) < 4.78 is 8.66. The first-order chi connectivity index (χ1) is 13.1. The maximum Gasteiger partial charge on any atom is 0.222 e. The van der Waals surface area contributed by atoms with E-state index in [0.717, 1.165) is 56.6 Å². The predicted molar refractivity (Wildman–Crippen MR) is 109 cm³/mol. The van der Waals surface area contributed by atoms with Crippen molar-refractivity contribution in [1.29, 1.82) is 0 Å². The number of piperazine rings is 1. The van der Waals surface area contributed by atoms with Crippen molar-refractivity contribution >= 4 is 28.7 Å². The van der Waals surface area contributed by atoms with Gasteiger partial charge in [0, 0.05) is 51.2 Å². The zero-order chi connectivity index (χ0) is 18.9. The zero-order valence-corrected chi connectivity index (χ0v) is 16.7. The molecule has 7 heteroatoms. The average Bonchev–Trinajstić information content (AvgIpc) is 3.07. The summed E-state index contributed by atoms with van der Waals surface area (Å²) in [6.07, 6.45) is 4.41. The summed E-state index contributed by atoms with van der Waals surface area (Å²) in [7, 11) is 2.22. The molecule has 1 spiro atoms. The number of likely N-dealkylation sites (N-methyl/N-ethyl adjacent to an activating group) is 1. The molecule has 27 heavy (non-hydrogen) atoms. The van der Waals surface area contributed by atoms with E-state index in [2.05, 4.69) is 50.4 Å². The van der Waals surface area contributed by atoms with Gasteiger partial charge in [0.05, 0.1) is 11.7 Å². The lowest BCUT2D eigenvalue weighted by Gasteiger charge is -2.49. The van der Waals surface area contributed by atoms with Crippen molar-refractivity contribution in [2.75, 3.05) is 39.8 Å². The summed E-state index contributed by atoms with van der Waals surface area (Å²) in [6, 6.07) is 6.39. The van der Waals surface area contributed by atoms with Gasteiger partial charge < -0.3 is 4.90 Å². The van der Waals surface area contributed by atoms with Gasteiger partial charge in [0.15, 0.2) is 0 Å². The molecule has 0 saturated carbocycles. The molecule has 2 aliphatic heterocycles. The number of hydrogen-bond donors (Lipinski definition) is 0. The molecule has 2 aliphatic rings. The van der Waals surface area contributed by atoms with E-state index in [1.807, 2.05) is 11.0 Å². The number of likely N-dealkylation sites (tertiary alicyclic amines) is 1. The lowest BCUT2D eigenvalue weighted by atomic mass is 9.86. The summed E-state index contributed by atoms with van der Waals surface area (Å²) in [5.74, 6) is 0.263. The molecule has 3 heterocycles. The highest BCUT2D eigenvalue weighted by Crippen LogP contribution is 2.32. The summed E-state index contributed by atoms with van der Waals surface area (Å²) in [6.45, 7) is 9.29. The third kappa shape index (κ3) is 3.77. The van der Waals surface area contributed by atoms with E-state index >= 15 is 0 Å². The molecule has 6 nitrogen and oxygen atoms in total. The first kappa shape index (κ1) is 18.5. The molecule has 144 valence electrons. The number of benzene rings is 1. The van der Waals surface area contributed by atoms with Crippen molar-refractivity contribution in [2.24, 2.45) is 0 Å². The molecular formula is C20H27N5OS. The maximum absolute atomic E-state index is 12.4. The minimum atomic E-state index is 0.0795. The second kappa shape index (κ2) is 7.66. The highest BCUT2D eigenvalue weighted by molar-refractivity contribution is 7.00. The largest absolute Gasteiger partial charge is 0.339 e. The van der Waals surface area contributed by atoms with Crippen LogP contribution in [0.4, 0.5) is 0 Å². The Bertz CT molecular complexity index is 837. The number of carbonyl (C=O) groups excluding carboxylic acids is 1. The molecule has 0 aliphatic carbocycles. The normalized spacial score (nSPS) is 25.2. The van der Waals surface area contributed by atoms with Crippen LogP contribution in [0.15, 0.2) is 30.9 Å². The minimum Gasteiger partial charge on any atom is -0.339 e. The predicted octanol–water partition coefficient (Wildman–Crippen LogP) is 2.38. The Morgan fingerprint density at radius 2 is 2.07 bits per heavy atom. The fourth-order valence-corrected chi connectivity index (χ4v) is 4.96. The summed E-state index contributed by atoms with van der Waals surface area (Å²) in [5, 5.41) is 0. The summed E-state index contributed by atoms with van der Waals surface area (Å²) in [5.41, 5.74) is 3.33. The van der Waals surface area contributed by atoms with Crippen LogP contribution < -0.4 is 0 Å². The molecule has 4 rings (SSSR count). The Hall–Kier alpha value is -1.83. The summed E-state index contributed by atoms with van der Waals surface area (Å²) in [4.78, 5) is 19.4. The van der Waals surface area contributed by atoms with E-state index in [0.29, 0.717) is 13.0 Å². The molecule has 1 unspecified atom stereocenters. The van der Waals surface area contributed by atoms with Gasteiger partial charge in [-0.3, -0.25) is 14.6 Å². The van der Waals surface area contributed by atoms with Crippen molar-refractivity contribution in [1.82, 2.24) is 23.4 Å². The number of hydrogen-bond acceptors (Lipinski definition) is 6. The van der Waals surface area contributed by atoms with Crippen LogP contribution in [0.3, 0.4) is 0 Å². The monoisotopic (exact) mass is 385 g/mol. The Balaban J connectivity index is 1.48. The average molecular weight is 386 g/mol. The molecule has 2 saturated heterocycles. The van der Waals surface area contributed by atoms with E-state index in [1.54, 1.807) is 0 Å². The quantitative estimate of drug-likeness (QED) is 0.757. The molecular weight excluding hydrogens is 358 g/mol. The van der Waals surface area contributed by atoms with Gasteiger partial charge in [0.2, 0.25) is 5.91 Å². The molecule has 0 radical (unpaired) electrons. The van der Waals surface area contributed by atoms with E-state index in [-0.39, 0.29) is 11.4 Å². The fraction of sp³-hybridized carbons (Fsp3) is 0.550. The topological polar surface area (TPSA) is 52.6 Å². The third-order valence-electron chi connectivity index (χ3n) is 6.16. The second-order valence-corrected chi connectivity index (χ2v) is 8.35. The van der Waals surface area contributed by atoms with E-state index in [1.165, 1.54) is 17.3 Å². The molecule has 2 aromatic rings. The van der Waals surface area contributed by atoms with E-state index < -0.39 is 0 Å². The number of aromatic nitrogens is 2. The highest BCUT2D eigenvalue weighted by atomic mass is 32.1. The van der Waals surface area contributed by atoms with Crippen LogP contribution in [0.2, 0.25) is 0 Å².